The van der Waals surface area contributed by atoms with E-state index in [4.69, 9.17) is 0 Å². The van der Waals surface area contributed by atoms with E-state index in [1.165, 1.54) is 13.2 Å². The Morgan fingerprint density at radius 2 is 2.00 bits per heavy atom. The Labute approximate surface area is 90.2 Å². The summed E-state index contributed by atoms with van der Waals surface area (Å²) in [6, 6.07) is 1.43. The van der Waals surface area contributed by atoms with Crippen LogP contribution in [0.25, 0.3) is 0 Å². The van der Waals surface area contributed by atoms with Crippen LogP contribution in [0.4, 0.5) is 4.39 Å². The zero-order chi connectivity index (χ0) is 10.9. The molecular weight excluding hydrogens is 251 g/mol. The van der Waals surface area contributed by atoms with E-state index in [9.17, 15) is 9.18 Å². The van der Waals surface area contributed by atoms with E-state index in [0.29, 0.717) is 10.0 Å². The summed E-state index contributed by atoms with van der Waals surface area (Å²) in [5.74, 6) is -1.18. The first-order valence-corrected chi connectivity index (χ1v) is 4.81. The Hall–Kier alpha value is -0.900. The molecule has 0 N–H and O–H groups in total. The van der Waals surface area contributed by atoms with E-state index in [2.05, 4.69) is 20.7 Å². The summed E-state index contributed by atoms with van der Waals surface area (Å²) in [6.07, 6.45) is 0. The van der Waals surface area contributed by atoms with Crippen LogP contribution in [0.3, 0.4) is 0 Å². The van der Waals surface area contributed by atoms with Gasteiger partial charge in [0.15, 0.2) is 0 Å². The van der Waals surface area contributed by atoms with E-state index in [0.717, 1.165) is 5.56 Å². The summed E-state index contributed by atoms with van der Waals surface area (Å²) in [6.45, 7) is 3.41. The molecular formula is C10H10BrFO2. The highest BCUT2D eigenvalue weighted by molar-refractivity contribution is 9.10. The number of esters is 1. The first kappa shape index (κ1) is 11.2. The zero-order valence-electron chi connectivity index (χ0n) is 8.15. The van der Waals surface area contributed by atoms with Gasteiger partial charge in [0.05, 0.1) is 12.7 Å². The Bertz CT molecular complexity index is 388. The molecule has 1 aromatic rings. The molecule has 2 nitrogen and oxygen atoms in total. The topological polar surface area (TPSA) is 26.3 Å². The van der Waals surface area contributed by atoms with Crippen molar-refractivity contribution in [1.29, 1.82) is 0 Å². The number of carbonyl (C=O) groups is 1. The van der Waals surface area contributed by atoms with Crippen molar-refractivity contribution in [3.05, 3.63) is 33.0 Å². The number of benzene rings is 1. The second kappa shape index (κ2) is 4.09. The maximum atomic E-state index is 13.6. The average Bonchev–Trinajstić information content (AvgIpc) is 2.19. The molecule has 0 amide bonds. The summed E-state index contributed by atoms with van der Waals surface area (Å²) in [4.78, 5) is 11.2. The van der Waals surface area contributed by atoms with Gasteiger partial charge in [-0.25, -0.2) is 9.18 Å². The van der Waals surface area contributed by atoms with Crippen LogP contribution in [0.15, 0.2) is 10.5 Å². The Kier molecular flexibility index (Phi) is 3.26. The minimum Gasteiger partial charge on any atom is -0.465 e. The first-order chi connectivity index (χ1) is 6.49. The number of halogens is 2. The third kappa shape index (κ3) is 1.80. The molecule has 76 valence electrons. The van der Waals surface area contributed by atoms with Crippen molar-refractivity contribution in [2.45, 2.75) is 13.8 Å². The van der Waals surface area contributed by atoms with Crippen LogP contribution in [-0.4, -0.2) is 13.1 Å². The quantitative estimate of drug-likeness (QED) is 0.726. The van der Waals surface area contributed by atoms with Crippen molar-refractivity contribution in [3.8, 4) is 0 Å². The molecule has 0 saturated heterocycles. The Balaban J connectivity index is 3.40. The van der Waals surface area contributed by atoms with Crippen molar-refractivity contribution < 1.29 is 13.9 Å². The van der Waals surface area contributed by atoms with Gasteiger partial charge in [0.2, 0.25) is 0 Å². The third-order valence-corrected chi connectivity index (χ3v) is 2.99. The van der Waals surface area contributed by atoms with E-state index >= 15 is 0 Å². The molecule has 0 bridgehead atoms. The fourth-order valence-corrected chi connectivity index (χ4v) is 1.63. The van der Waals surface area contributed by atoms with Gasteiger partial charge in [0, 0.05) is 4.47 Å². The van der Waals surface area contributed by atoms with Crippen molar-refractivity contribution in [2.24, 2.45) is 0 Å². The van der Waals surface area contributed by atoms with Crippen LogP contribution in [0.1, 0.15) is 21.5 Å². The van der Waals surface area contributed by atoms with Gasteiger partial charge in [0.25, 0.3) is 0 Å². The minimum atomic E-state index is -0.661. The van der Waals surface area contributed by atoms with E-state index in [1.54, 1.807) is 13.8 Å². The summed E-state index contributed by atoms with van der Waals surface area (Å²) < 4.78 is 18.7. The maximum Gasteiger partial charge on any atom is 0.340 e. The van der Waals surface area contributed by atoms with Crippen LogP contribution in [0.2, 0.25) is 0 Å². The van der Waals surface area contributed by atoms with Gasteiger partial charge in [-0.15, -0.1) is 0 Å². The van der Waals surface area contributed by atoms with Gasteiger partial charge in [0.1, 0.15) is 5.82 Å². The molecule has 1 aromatic carbocycles. The third-order valence-electron chi connectivity index (χ3n) is 2.16. The van der Waals surface area contributed by atoms with Crippen molar-refractivity contribution in [3.63, 3.8) is 0 Å². The summed E-state index contributed by atoms with van der Waals surface area (Å²) in [5, 5.41) is 0. The van der Waals surface area contributed by atoms with E-state index in [1.807, 2.05) is 0 Å². The van der Waals surface area contributed by atoms with E-state index in [-0.39, 0.29) is 5.56 Å². The van der Waals surface area contributed by atoms with Crippen molar-refractivity contribution in [2.75, 3.05) is 7.11 Å². The average molecular weight is 261 g/mol. The predicted molar refractivity (Wildman–Crippen MR) is 54.9 cm³/mol. The smallest absolute Gasteiger partial charge is 0.340 e. The van der Waals surface area contributed by atoms with Crippen molar-refractivity contribution in [1.82, 2.24) is 0 Å². The monoisotopic (exact) mass is 260 g/mol. The molecule has 0 aliphatic rings. The second-order valence-electron chi connectivity index (χ2n) is 2.96. The van der Waals surface area contributed by atoms with Crippen LogP contribution in [0, 0.1) is 19.7 Å². The lowest BCUT2D eigenvalue weighted by atomic mass is 10.1. The summed E-state index contributed by atoms with van der Waals surface area (Å²) >= 11 is 3.25. The van der Waals surface area contributed by atoms with Crippen LogP contribution in [0.5, 0.6) is 0 Å². The molecule has 0 unspecified atom stereocenters. The molecule has 0 spiro atoms. The molecule has 0 saturated carbocycles. The Morgan fingerprint density at radius 3 is 2.50 bits per heavy atom. The van der Waals surface area contributed by atoms with Crippen LogP contribution in [-0.2, 0) is 4.74 Å². The lowest BCUT2D eigenvalue weighted by molar-refractivity contribution is 0.0595. The summed E-state index contributed by atoms with van der Waals surface area (Å²) in [5.41, 5.74) is 1.21. The predicted octanol–water partition coefficient (Wildman–Crippen LogP) is 2.99. The van der Waals surface area contributed by atoms with Gasteiger partial charge >= 0.3 is 5.97 Å². The largest absolute Gasteiger partial charge is 0.465 e. The molecule has 0 atom stereocenters. The Morgan fingerprint density at radius 1 is 1.43 bits per heavy atom. The van der Waals surface area contributed by atoms with Gasteiger partial charge in [-0.1, -0.05) is 15.9 Å². The molecule has 0 aromatic heterocycles. The van der Waals surface area contributed by atoms with Crippen LogP contribution < -0.4 is 0 Å². The zero-order valence-corrected chi connectivity index (χ0v) is 9.74. The fourth-order valence-electron chi connectivity index (χ4n) is 1.10. The normalized spacial score (nSPS) is 10.1. The number of methoxy groups -OCH3 is 1. The fraction of sp³-hybridized carbons (Fsp3) is 0.300. The maximum absolute atomic E-state index is 13.6. The van der Waals surface area contributed by atoms with Crippen LogP contribution >= 0.6 is 15.9 Å². The van der Waals surface area contributed by atoms with Gasteiger partial charge < -0.3 is 4.74 Å². The highest BCUT2D eigenvalue weighted by atomic mass is 79.9. The molecule has 0 aliphatic heterocycles. The minimum absolute atomic E-state index is 0.0394. The molecule has 1 rings (SSSR count). The molecule has 0 aliphatic carbocycles. The highest BCUT2D eigenvalue weighted by Crippen LogP contribution is 2.25. The van der Waals surface area contributed by atoms with Crippen molar-refractivity contribution >= 4 is 21.9 Å². The molecule has 0 fully saturated rings. The highest BCUT2D eigenvalue weighted by Gasteiger charge is 2.17. The van der Waals surface area contributed by atoms with E-state index < -0.39 is 11.8 Å². The lowest BCUT2D eigenvalue weighted by Crippen LogP contribution is -2.07. The molecule has 4 heteroatoms. The standard InChI is InChI=1S/C10H10BrFO2/c1-5-6(2)9(12)7(4-8(5)11)10(13)14-3/h4H,1-3H3. The van der Waals surface area contributed by atoms with Gasteiger partial charge in [-0.05, 0) is 31.0 Å². The molecule has 0 heterocycles. The first-order valence-electron chi connectivity index (χ1n) is 4.02. The number of rotatable bonds is 1. The number of carbonyl (C=O) groups excluding carboxylic acids is 1. The number of hydrogen-bond acceptors (Lipinski definition) is 2. The van der Waals surface area contributed by atoms with Gasteiger partial charge in [-0.2, -0.15) is 0 Å². The SMILES string of the molecule is COC(=O)c1cc(Br)c(C)c(C)c1F. The number of ether oxygens (including phenoxy) is 1. The molecule has 0 radical (unpaired) electrons. The molecule has 14 heavy (non-hydrogen) atoms. The van der Waals surface area contributed by atoms with Gasteiger partial charge in [-0.3, -0.25) is 0 Å². The second-order valence-corrected chi connectivity index (χ2v) is 3.82. The number of hydrogen-bond donors (Lipinski definition) is 0. The summed E-state index contributed by atoms with van der Waals surface area (Å²) in [7, 11) is 1.23. The lowest BCUT2D eigenvalue weighted by Gasteiger charge is -2.08.